The topological polar surface area (TPSA) is 32.3 Å². The van der Waals surface area contributed by atoms with Crippen molar-refractivity contribution in [2.45, 2.75) is 39.2 Å². The number of carbonyl (C=O) groups is 1. The van der Waals surface area contributed by atoms with Crippen LogP contribution < -0.4 is 5.32 Å². The van der Waals surface area contributed by atoms with Gasteiger partial charge in [-0.25, -0.2) is 0 Å². The standard InChI is InChI=1S/C17H26N2O/c1-14(2)19(13-16-8-10-18-11-9-16)17(20)12-15-6-4-3-5-7-15/h3-7,14,16,18H,8-13H2,1-2H3. The lowest BCUT2D eigenvalue weighted by molar-refractivity contribution is -0.133. The average molecular weight is 274 g/mol. The van der Waals surface area contributed by atoms with E-state index in [1.54, 1.807) is 0 Å². The molecule has 3 nitrogen and oxygen atoms in total. The lowest BCUT2D eigenvalue weighted by Crippen LogP contribution is -2.43. The molecule has 0 saturated carbocycles. The maximum absolute atomic E-state index is 12.5. The molecule has 3 heteroatoms. The molecule has 1 N–H and O–H groups in total. The fraction of sp³-hybridized carbons (Fsp3) is 0.588. The number of carbonyl (C=O) groups excluding carboxylic acids is 1. The zero-order chi connectivity index (χ0) is 14.4. The number of rotatable bonds is 5. The van der Waals surface area contributed by atoms with Crippen molar-refractivity contribution in [2.75, 3.05) is 19.6 Å². The van der Waals surface area contributed by atoms with E-state index in [-0.39, 0.29) is 11.9 Å². The van der Waals surface area contributed by atoms with Crippen LogP contribution >= 0.6 is 0 Å². The number of amides is 1. The quantitative estimate of drug-likeness (QED) is 0.894. The highest BCUT2D eigenvalue weighted by atomic mass is 16.2. The molecule has 1 aromatic carbocycles. The van der Waals surface area contributed by atoms with E-state index in [4.69, 9.17) is 0 Å². The predicted octanol–water partition coefficient (Wildman–Crippen LogP) is 2.47. The van der Waals surface area contributed by atoms with Crippen LogP contribution in [0.3, 0.4) is 0 Å². The van der Waals surface area contributed by atoms with Crippen LogP contribution in [-0.2, 0) is 11.2 Å². The van der Waals surface area contributed by atoms with Crippen molar-refractivity contribution < 1.29 is 4.79 Å². The molecule has 0 atom stereocenters. The Hall–Kier alpha value is -1.35. The predicted molar refractivity (Wildman–Crippen MR) is 82.6 cm³/mol. The van der Waals surface area contributed by atoms with Gasteiger partial charge in [0.2, 0.25) is 5.91 Å². The number of nitrogens with one attached hydrogen (secondary N) is 1. The van der Waals surface area contributed by atoms with Gasteiger partial charge in [-0.3, -0.25) is 4.79 Å². The molecule has 20 heavy (non-hydrogen) atoms. The van der Waals surface area contributed by atoms with Gasteiger partial charge >= 0.3 is 0 Å². The summed E-state index contributed by atoms with van der Waals surface area (Å²) in [7, 11) is 0. The Morgan fingerprint density at radius 1 is 1.25 bits per heavy atom. The largest absolute Gasteiger partial charge is 0.340 e. The van der Waals surface area contributed by atoms with Crippen molar-refractivity contribution in [2.24, 2.45) is 5.92 Å². The maximum atomic E-state index is 12.5. The Morgan fingerprint density at radius 2 is 1.90 bits per heavy atom. The van der Waals surface area contributed by atoms with E-state index in [0.717, 1.165) is 25.2 Å². The van der Waals surface area contributed by atoms with E-state index in [1.807, 2.05) is 30.3 Å². The minimum absolute atomic E-state index is 0.254. The van der Waals surface area contributed by atoms with Gasteiger partial charge in [-0.1, -0.05) is 30.3 Å². The summed E-state index contributed by atoms with van der Waals surface area (Å²) in [5, 5.41) is 3.38. The van der Waals surface area contributed by atoms with Gasteiger partial charge in [-0.2, -0.15) is 0 Å². The van der Waals surface area contributed by atoms with E-state index in [2.05, 4.69) is 24.1 Å². The lowest BCUT2D eigenvalue weighted by atomic mass is 9.96. The van der Waals surface area contributed by atoms with Gasteiger partial charge in [0.05, 0.1) is 6.42 Å². The first-order valence-electron chi connectivity index (χ1n) is 7.71. The van der Waals surface area contributed by atoms with Gasteiger partial charge in [0, 0.05) is 12.6 Å². The second kappa shape index (κ2) is 7.44. The molecule has 0 unspecified atom stereocenters. The van der Waals surface area contributed by atoms with Gasteiger partial charge in [-0.15, -0.1) is 0 Å². The number of hydrogen-bond acceptors (Lipinski definition) is 2. The van der Waals surface area contributed by atoms with Gasteiger partial charge < -0.3 is 10.2 Å². The van der Waals surface area contributed by atoms with E-state index in [1.165, 1.54) is 12.8 Å². The highest BCUT2D eigenvalue weighted by Gasteiger charge is 2.22. The zero-order valence-electron chi connectivity index (χ0n) is 12.6. The summed E-state index contributed by atoms with van der Waals surface area (Å²) < 4.78 is 0. The minimum atomic E-state index is 0.254. The Kier molecular flexibility index (Phi) is 5.60. The van der Waals surface area contributed by atoms with Crippen LogP contribution in [0.2, 0.25) is 0 Å². The number of nitrogens with zero attached hydrogens (tertiary/aromatic N) is 1. The summed E-state index contributed by atoms with van der Waals surface area (Å²) >= 11 is 0. The molecule has 1 aliphatic rings. The average Bonchev–Trinajstić information content (AvgIpc) is 2.46. The SMILES string of the molecule is CC(C)N(CC1CCNCC1)C(=O)Cc1ccccc1. The first kappa shape index (κ1) is 15.0. The van der Waals surface area contributed by atoms with E-state index in [9.17, 15) is 4.79 Å². The summed E-state index contributed by atoms with van der Waals surface area (Å²) in [6, 6.07) is 10.3. The van der Waals surface area contributed by atoms with Crippen LogP contribution in [-0.4, -0.2) is 36.5 Å². The van der Waals surface area contributed by atoms with Crippen LogP contribution in [0.5, 0.6) is 0 Å². The first-order chi connectivity index (χ1) is 9.66. The number of piperidine rings is 1. The fourth-order valence-electron chi connectivity index (χ4n) is 2.82. The minimum Gasteiger partial charge on any atom is -0.340 e. The maximum Gasteiger partial charge on any atom is 0.227 e. The molecule has 1 heterocycles. The molecule has 1 amide bonds. The van der Waals surface area contributed by atoms with E-state index < -0.39 is 0 Å². The molecular formula is C17H26N2O. The normalized spacial score (nSPS) is 16.4. The Balaban J connectivity index is 1.95. The summed E-state index contributed by atoms with van der Waals surface area (Å²) in [5.41, 5.74) is 1.11. The summed E-state index contributed by atoms with van der Waals surface area (Å²) in [6.45, 7) is 7.31. The molecule has 1 aliphatic heterocycles. The van der Waals surface area contributed by atoms with E-state index >= 15 is 0 Å². The molecule has 1 fully saturated rings. The van der Waals surface area contributed by atoms with E-state index in [0.29, 0.717) is 12.3 Å². The van der Waals surface area contributed by atoms with Gasteiger partial charge in [0.25, 0.3) is 0 Å². The molecule has 0 radical (unpaired) electrons. The van der Waals surface area contributed by atoms with Gasteiger partial charge in [-0.05, 0) is 51.3 Å². The van der Waals surface area contributed by atoms with Gasteiger partial charge in [0.15, 0.2) is 0 Å². The highest BCUT2D eigenvalue weighted by Crippen LogP contribution is 2.16. The van der Waals surface area contributed by atoms with Gasteiger partial charge in [0.1, 0.15) is 0 Å². The van der Waals surface area contributed by atoms with Crippen molar-refractivity contribution in [3.8, 4) is 0 Å². The third-order valence-corrected chi connectivity index (χ3v) is 4.06. The highest BCUT2D eigenvalue weighted by molar-refractivity contribution is 5.79. The monoisotopic (exact) mass is 274 g/mol. The summed E-state index contributed by atoms with van der Waals surface area (Å²) in [5.74, 6) is 0.906. The van der Waals surface area contributed by atoms with Crippen LogP contribution in [0.25, 0.3) is 0 Å². The van der Waals surface area contributed by atoms with Crippen molar-refractivity contribution in [1.82, 2.24) is 10.2 Å². The molecule has 0 aromatic heterocycles. The van der Waals surface area contributed by atoms with Crippen molar-refractivity contribution in [3.63, 3.8) is 0 Å². The molecule has 0 spiro atoms. The second-order valence-electron chi connectivity index (χ2n) is 6.00. The first-order valence-corrected chi connectivity index (χ1v) is 7.71. The molecule has 1 saturated heterocycles. The zero-order valence-corrected chi connectivity index (χ0v) is 12.6. The second-order valence-corrected chi connectivity index (χ2v) is 6.00. The Bertz CT molecular complexity index is 410. The van der Waals surface area contributed by atoms with Crippen molar-refractivity contribution in [3.05, 3.63) is 35.9 Å². The van der Waals surface area contributed by atoms with Crippen molar-refractivity contribution in [1.29, 1.82) is 0 Å². The smallest absolute Gasteiger partial charge is 0.227 e. The summed E-state index contributed by atoms with van der Waals surface area (Å²) in [6.07, 6.45) is 2.88. The Labute approximate surface area is 122 Å². The molecule has 0 aliphatic carbocycles. The molecular weight excluding hydrogens is 248 g/mol. The van der Waals surface area contributed by atoms with Crippen LogP contribution in [0.15, 0.2) is 30.3 Å². The van der Waals surface area contributed by atoms with Crippen molar-refractivity contribution >= 4 is 5.91 Å². The fourth-order valence-corrected chi connectivity index (χ4v) is 2.82. The van der Waals surface area contributed by atoms with Crippen LogP contribution in [0.1, 0.15) is 32.3 Å². The number of benzene rings is 1. The third-order valence-electron chi connectivity index (χ3n) is 4.06. The number of hydrogen-bond donors (Lipinski definition) is 1. The van der Waals surface area contributed by atoms with Crippen LogP contribution in [0, 0.1) is 5.92 Å². The summed E-state index contributed by atoms with van der Waals surface area (Å²) in [4.78, 5) is 14.6. The Morgan fingerprint density at radius 3 is 2.50 bits per heavy atom. The molecule has 110 valence electrons. The lowest BCUT2D eigenvalue weighted by Gasteiger charge is -2.33. The molecule has 2 rings (SSSR count). The molecule has 0 bridgehead atoms. The van der Waals surface area contributed by atoms with Crippen LogP contribution in [0.4, 0.5) is 0 Å². The molecule has 1 aromatic rings. The third kappa shape index (κ3) is 4.34.